The van der Waals surface area contributed by atoms with Crippen molar-refractivity contribution >= 4 is 5.78 Å². The SMILES string of the molecule is CC(=O)C(C)(O)CCC=C(C)C. The van der Waals surface area contributed by atoms with Crippen molar-refractivity contribution in [2.75, 3.05) is 0 Å². The molecule has 0 aromatic heterocycles. The first kappa shape index (κ1) is 11.4. The van der Waals surface area contributed by atoms with Gasteiger partial charge in [0, 0.05) is 0 Å². The second-order valence-electron chi connectivity index (χ2n) is 3.65. The van der Waals surface area contributed by atoms with Crippen molar-refractivity contribution in [2.24, 2.45) is 0 Å². The van der Waals surface area contributed by atoms with Crippen molar-refractivity contribution in [1.82, 2.24) is 0 Å². The van der Waals surface area contributed by atoms with Gasteiger partial charge in [0.2, 0.25) is 0 Å². The monoisotopic (exact) mass is 170 g/mol. The third-order valence-corrected chi connectivity index (χ3v) is 1.94. The Kier molecular flexibility index (Phi) is 4.18. The zero-order valence-electron chi connectivity index (χ0n) is 8.35. The van der Waals surface area contributed by atoms with Gasteiger partial charge in [-0.3, -0.25) is 4.79 Å². The molecule has 70 valence electrons. The molecule has 0 spiro atoms. The van der Waals surface area contributed by atoms with Crippen LogP contribution in [0.2, 0.25) is 0 Å². The van der Waals surface area contributed by atoms with Gasteiger partial charge in [0.1, 0.15) is 5.60 Å². The smallest absolute Gasteiger partial charge is 0.160 e. The molecule has 0 rings (SSSR count). The summed E-state index contributed by atoms with van der Waals surface area (Å²) >= 11 is 0. The van der Waals surface area contributed by atoms with Crippen molar-refractivity contribution in [3.63, 3.8) is 0 Å². The molecule has 0 saturated carbocycles. The van der Waals surface area contributed by atoms with Crippen LogP contribution in [-0.4, -0.2) is 16.5 Å². The van der Waals surface area contributed by atoms with Crippen LogP contribution in [0.15, 0.2) is 11.6 Å². The molecule has 0 aromatic rings. The second kappa shape index (κ2) is 4.41. The maximum Gasteiger partial charge on any atom is 0.160 e. The number of ketones is 1. The number of hydrogen-bond donors (Lipinski definition) is 1. The highest BCUT2D eigenvalue weighted by molar-refractivity contribution is 5.84. The molecule has 12 heavy (non-hydrogen) atoms. The third kappa shape index (κ3) is 4.29. The molecular weight excluding hydrogens is 152 g/mol. The van der Waals surface area contributed by atoms with E-state index in [9.17, 15) is 9.90 Å². The molecule has 1 atom stereocenters. The van der Waals surface area contributed by atoms with Crippen molar-refractivity contribution in [3.05, 3.63) is 11.6 Å². The van der Waals surface area contributed by atoms with E-state index in [1.807, 2.05) is 19.9 Å². The number of aliphatic hydroxyl groups is 1. The number of rotatable bonds is 4. The summed E-state index contributed by atoms with van der Waals surface area (Å²) in [5, 5.41) is 9.53. The van der Waals surface area contributed by atoms with Gasteiger partial charge in [-0.05, 0) is 40.5 Å². The Balaban J connectivity index is 3.93. The summed E-state index contributed by atoms with van der Waals surface area (Å²) < 4.78 is 0. The van der Waals surface area contributed by atoms with Gasteiger partial charge in [-0.15, -0.1) is 0 Å². The standard InChI is InChI=1S/C10H18O2/c1-8(2)6-5-7-10(4,12)9(3)11/h6,12H,5,7H2,1-4H3. The van der Waals surface area contributed by atoms with Crippen molar-refractivity contribution < 1.29 is 9.90 Å². The van der Waals surface area contributed by atoms with Crippen LogP contribution in [0.3, 0.4) is 0 Å². The van der Waals surface area contributed by atoms with Crippen LogP contribution >= 0.6 is 0 Å². The number of hydrogen-bond acceptors (Lipinski definition) is 2. The Bertz CT molecular complexity index is 186. The lowest BCUT2D eigenvalue weighted by Crippen LogP contribution is -2.32. The minimum absolute atomic E-state index is 0.162. The van der Waals surface area contributed by atoms with Gasteiger partial charge >= 0.3 is 0 Å². The predicted molar refractivity (Wildman–Crippen MR) is 50.0 cm³/mol. The van der Waals surface area contributed by atoms with E-state index in [0.29, 0.717) is 6.42 Å². The molecule has 0 aliphatic carbocycles. The molecule has 0 fully saturated rings. The van der Waals surface area contributed by atoms with Crippen LogP contribution in [0.4, 0.5) is 0 Å². The van der Waals surface area contributed by atoms with Gasteiger partial charge in [-0.25, -0.2) is 0 Å². The highest BCUT2D eigenvalue weighted by Gasteiger charge is 2.24. The average Bonchev–Trinajstić information content (AvgIpc) is 1.85. The third-order valence-electron chi connectivity index (χ3n) is 1.94. The van der Waals surface area contributed by atoms with Crippen LogP contribution in [-0.2, 0) is 4.79 Å². The Morgan fingerprint density at radius 2 is 1.92 bits per heavy atom. The summed E-state index contributed by atoms with van der Waals surface area (Å²) in [4.78, 5) is 10.9. The maximum atomic E-state index is 10.9. The fourth-order valence-electron chi connectivity index (χ4n) is 0.818. The lowest BCUT2D eigenvalue weighted by atomic mass is 9.95. The summed E-state index contributed by atoms with van der Waals surface area (Å²) in [6, 6.07) is 0. The molecule has 0 radical (unpaired) electrons. The first-order valence-electron chi connectivity index (χ1n) is 4.23. The number of Topliss-reactive ketones (excluding diaryl/α,β-unsaturated/α-hetero) is 1. The topological polar surface area (TPSA) is 37.3 Å². The fraction of sp³-hybridized carbons (Fsp3) is 0.700. The normalized spacial score (nSPS) is 15.1. The lowest BCUT2D eigenvalue weighted by molar-refractivity contribution is -0.133. The van der Waals surface area contributed by atoms with Gasteiger partial charge in [-0.1, -0.05) is 11.6 Å². The van der Waals surface area contributed by atoms with Crippen molar-refractivity contribution in [3.8, 4) is 0 Å². The molecule has 2 nitrogen and oxygen atoms in total. The van der Waals surface area contributed by atoms with E-state index in [-0.39, 0.29) is 5.78 Å². The van der Waals surface area contributed by atoms with Gasteiger partial charge in [0.05, 0.1) is 0 Å². The summed E-state index contributed by atoms with van der Waals surface area (Å²) in [5.74, 6) is -0.162. The summed E-state index contributed by atoms with van der Waals surface area (Å²) in [6.07, 6.45) is 3.29. The highest BCUT2D eigenvalue weighted by Crippen LogP contribution is 2.14. The summed E-state index contributed by atoms with van der Waals surface area (Å²) in [6.45, 7) is 6.99. The molecule has 0 aliphatic rings. The van der Waals surface area contributed by atoms with Crippen LogP contribution < -0.4 is 0 Å². The zero-order valence-corrected chi connectivity index (χ0v) is 8.35. The lowest BCUT2D eigenvalue weighted by Gasteiger charge is -2.18. The molecule has 1 unspecified atom stereocenters. The first-order chi connectivity index (χ1) is 5.36. The first-order valence-corrected chi connectivity index (χ1v) is 4.23. The average molecular weight is 170 g/mol. The van der Waals surface area contributed by atoms with Gasteiger partial charge in [0.15, 0.2) is 5.78 Å². The van der Waals surface area contributed by atoms with Crippen molar-refractivity contribution in [1.29, 1.82) is 0 Å². The Morgan fingerprint density at radius 1 is 1.42 bits per heavy atom. The maximum absolute atomic E-state index is 10.9. The quantitative estimate of drug-likeness (QED) is 0.656. The van der Waals surface area contributed by atoms with Crippen LogP contribution in [0, 0.1) is 0 Å². The number of carbonyl (C=O) groups is 1. The van der Waals surface area contributed by atoms with E-state index in [1.165, 1.54) is 12.5 Å². The largest absolute Gasteiger partial charge is 0.382 e. The molecule has 0 aromatic carbocycles. The predicted octanol–water partition coefficient (Wildman–Crippen LogP) is 2.07. The fourth-order valence-corrected chi connectivity index (χ4v) is 0.818. The van der Waals surface area contributed by atoms with E-state index in [4.69, 9.17) is 0 Å². The second-order valence-corrected chi connectivity index (χ2v) is 3.65. The van der Waals surface area contributed by atoms with Crippen molar-refractivity contribution in [2.45, 2.75) is 46.1 Å². The summed E-state index contributed by atoms with van der Waals surface area (Å²) in [5.41, 5.74) is 0.0701. The van der Waals surface area contributed by atoms with Crippen LogP contribution in [0.1, 0.15) is 40.5 Å². The number of carbonyl (C=O) groups excluding carboxylic acids is 1. The van der Waals surface area contributed by atoms with E-state index < -0.39 is 5.60 Å². The van der Waals surface area contributed by atoms with E-state index in [0.717, 1.165) is 6.42 Å². The molecule has 2 heteroatoms. The summed E-state index contributed by atoms with van der Waals surface area (Å²) in [7, 11) is 0. The van der Waals surface area contributed by atoms with Crippen LogP contribution in [0.25, 0.3) is 0 Å². The molecule has 0 amide bonds. The highest BCUT2D eigenvalue weighted by atomic mass is 16.3. The minimum atomic E-state index is -1.15. The number of allylic oxidation sites excluding steroid dienone is 2. The van der Waals surface area contributed by atoms with E-state index in [1.54, 1.807) is 6.92 Å². The van der Waals surface area contributed by atoms with E-state index in [2.05, 4.69) is 0 Å². The Morgan fingerprint density at radius 3 is 2.25 bits per heavy atom. The molecule has 0 aliphatic heterocycles. The molecule has 0 bridgehead atoms. The Labute approximate surface area is 74.3 Å². The minimum Gasteiger partial charge on any atom is -0.382 e. The molecular formula is C10H18O2. The van der Waals surface area contributed by atoms with Gasteiger partial charge in [0.25, 0.3) is 0 Å². The molecule has 0 heterocycles. The molecule has 1 N–H and O–H groups in total. The van der Waals surface area contributed by atoms with Gasteiger partial charge < -0.3 is 5.11 Å². The van der Waals surface area contributed by atoms with Crippen LogP contribution in [0.5, 0.6) is 0 Å². The van der Waals surface area contributed by atoms with Gasteiger partial charge in [-0.2, -0.15) is 0 Å². The molecule has 0 saturated heterocycles. The Hall–Kier alpha value is -0.630. The zero-order chi connectivity index (χ0) is 9.78. The van der Waals surface area contributed by atoms with E-state index >= 15 is 0 Å².